The summed E-state index contributed by atoms with van der Waals surface area (Å²) in [6.45, 7) is 1.74. The Balaban J connectivity index is 2.26. The molecular formula is C17H15FN4O4. The predicted octanol–water partition coefficient (Wildman–Crippen LogP) is 1.74. The third kappa shape index (κ3) is 2.99. The fraction of sp³-hybridized carbons (Fsp3) is 0.235. The van der Waals surface area contributed by atoms with Crippen molar-refractivity contribution in [3.63, 3.8) is 0 Å². The van der Waals surface area contributed by atoms with Gasteiger partial charge in [-0.05, 0) is 24.6 Å². The van der Waals surface area contributed by atoms with Crippen LogP contribution in [0.2, 0.25) is 0 Å². The summed E-state index contributed by atoms with van der Waals surface area (Å²) in [6, 6.07) is 5.83. The average Bonchev–Trinajstić information content (AvgIpc) is 2.98. The maximum Gasteiger partial charge on any atom is 0.360 e. The van der Waals surface area contributed by atoms with E-state index in [2.05, 4.69) is 20.0 Å². The van der Waals surface area contributed by atoms with Crippen LogP contribution < -0.4 is 0 Å². The maximum atomic E-state index is 13.2. The molecule has 0 fully saturated rings. The minimum Gasteiger partial charge on any atom is -0.469 e. The first-order valence-corrected chi connectivity index (χ1v) is 7.62. The third-order valence-electron chi connectivity index (χ3n) is 3.86. The lowest BCUT2D eigenvalue weighted by Crippen LogP contribution is -2.18. The van der Waals surface area contributed by atoms with Crippen LogP contribution in [-0.2, 0) is 20.7 Å². The van der Waals surface area contributed by atoms with Gasteiger partial charge in [0.2, 0.25) is 0 Å². The van der Waals surface area contributed by atoms with Crippen LogP contribution in [0.25, 0.3) is 16.8 Å². The molecule has 3 aromatic rings. The van der Waals surface area contributed by atoms with E-state index in [1.54, 1.807) is 19.1 Å². The minimum atomic E-state index is -0.741. The summed E-state index contributed by atoms with van der Waals surface area (Å²) >= 11 is 0. The van der Waals surface area contributed by atoms with Gasteiger partial charge in [-0.2, -0.15) is 5.10 Å². The number of nitrogens with zero attached hydrogens (tertiary/aromatic N) is 4. The fourth-order valence-electron chi connectivity index (χ4n) is 2.63. The van der Waals surface area contributed by atoms with Gasteiger partial charge in [0.25, 0.3) is 0 Å². The zero-order valence-electron chi connectivity index (χ0n) is 14.3. The summed E-state index contributed by atoms with van der Waals surface area (Å²) in [5.41, 5.74) is 2.30. The normalized spacial score (nSPS) is 10.8. The topological polar surface area (TPSA) is 95.7 Å². The first-order chi connectivity index (χ1) is 12.5. The van der Waals surface area contributed by atoms with Gasteiger partial charge in [0.05, 0.1) is 37.6 Å². The van der Waals surface area contributed by atoms with Gasteiger partial charge in [-0.3, -0.25) is 4.79 Å². The number of methoxy groups -OCH3 is 2. The number of carbonyl (C=O) groups excluding carboxylic acids is 2. The van der Waals surface area contributed by atoms with Crippen molar-refractivity contribution in [2.24, 2.45) is 0 Å². The largest absolute Gasteiger partial charge is 0.469 e. The monoisotopic (exact) mass is 358 g/mol. The molecule has 0 aliphatic heterocycles. The molecular weight excluding hydrogens is 343 g/mol. The number of rotatable bonds is 4. The lowest BCUT2D eigenvalue weighted by molar-refractivity contribution is -0.139. The van der Waals surface area contributed by atoms with Crippen LogP contribution in [0.5, 0.6) is 0 Å². The maximum absolute atomic E-state index is 13.2. The number of fused-ring (bicyclic) bond motifs is 1. The van der Waals surface area contributed by atoms with Crippen molar-refractivity contribution in [2.45, 2.75) is 13.3 Å². The molecule has 0 aliphatic carbocycles. The molecule has 0 bridgehead atoms. The molecule has 8 nitrogen and oxygen atoms in total. The smallest absolute Gasteiger partial charge is 0.360 e. The lowest BCUT2D eigenvalue weighted by Gasteiger charge is -2.08. The van der Waals surface area contributed by atoms with Crippen molar-refractivity contribution in [1.29, 1.82) is 0 Å². The second-order valence-electron chi connectivity index (χ2n) is 5.44. The van der Waals surface area contributed by atoms with Crippen LogP contribution in [0.4, 0.5) is 4.39 Å². The molecule has 0 atom stereocenters. The zero-order chi connectivity index (χ0) is 18.8. The molecule has 0 spiro atoms. The van der Waals surface area contributed by atoms with Gasteiger partial charge in [-0.15, -0.1) is 10.2 Å². The fourth-order valence-corrected chi connectivity index (χ4v) is 2.63. The highest BCUT2D eigenvalue weighted by molar-refractivity contribution is 5.90. The Bertz CT molecular complexity index is 998. The number of hydrogen-bond acceptors (Lipinski definition) is 7. The van der Waals surface area contributed by atoms with E-state index < -0.39 is 11.9 Å². The van der Waals surface area contributed by atoms with Gasteiger partial charge in [-0.25, -0.2) is 13.7 Å². The van der Waals surface area contributed by atoms with Crippen LogP contribution in [0, 0.1) is 12.7 Å². The van der Waals surface area contributed by atoms with E-state index in [1.165, 1.54) is 30.9 Å². The van der Waals surface area contributed by atoms with Gasteiger partial charge in [-0.1, -0.05) is 12.1 Å². The number of hydrogen-bond donors (Lipinski definition) is 0. The van der Waals surface area contributed by atoms with Crippen molar-refractivity contribution >= 4 is 17.6 Å². The molecule has 0 saturated carbocycles. The Kier molecular flexibility index (Phi) is 4.61. The number of aromatic nitrogens is 4. The molecule has 2 aromatic heterocycles. The Morgan fingerprint density at radius 2 is 1.81 bits per heavy atom. The highest BCUT2D eigenvalue weighted by Gasteiger charge is 2.24. The van der Waals surface area contributed by atoms with Crippen molar-refractivity contribution in [2.75, 3.05) is 14.2 Å². The lowest BCUT2D eigenvalue weighted by atomic mass is 10.1. The number of ether oxygens (including phenoxy) is 2. The molecule has 0 aliphatic rings. The predicted molar refractivity (Wildman–Crippen MR) is 88.0 cm³/mol. The number of aryl methyl sites for hydroxylation is 1. The summed E-state index contributed by atoms with van der Waals surface area (Å²) in [5, 5.41) is 12.4. The van der Waals surface area contributed by atoms with Crippen LogP contribution in [0.3, 0.4) is 0 Å². The molecule has 3 rings (SSSR count). The summed E-state index contributed by atoms with van der Waals surface area (Å²) in [5.74, 6) is -1.68. The number of esters is 2. The molecule has 1 aromatic carbocycles. The van der Waals surface area contributed by atoms with Crippen molar-refractivity contribution in [3.05, 3.63) is 47.2 Å². The number of halogens is 1. The molecule has 26 heavy (non-hydrogen) atoms. The summed E-state index contributed by atoms with van der Waals surface area (Å²) in [6.07, 6.45) is -0.239. The Morgan fingerprint density at radius 3 is 2.42 bits per heavy atom. The quantitative estimate of drug-likeness (QED) is 0.656. The summed E-state index contributed by atoms with van der Waals surface area (Å²) in [7, 11) is 2.44. The van der Waals surface area contributed by atoms with E-state index in [9.17, 15) is 14.0 Å². The standard InChI is InChI=1S/C17H15FN4O4/c1-9-14(10-4-6-11(18)7-5-10)16-20-19-15(17(24)26-3)12(22(16)21-9)8-13(23)25-2/h4-7H,8H2,1-3H3. The SMILES string of the molecule is COC(=O)Cc1c(C(=O)OC)nnc2c(-c3ccc(F)cc3)c(C)nn12. The molecule has 0 amide bonds. The second-order valence-corrected chi connectivity index (χ2v) is 5.44. The van der Waals surface area contributed by atoms with Crippen LogP contribution in [0.1, 0.15) is 21.9 Å². The van der Waals surface area contributed by atoms with E-state index in [4.69, 9.17) is 4.74 Å². The van der Waals surface area contributed by atoms with Gasteiger partial charge in [0, 0.05) is 0 Å². The van der Waals surface area contributed by atoms with E-state index in [0.29, 0.717) is 22.5 Å². The van der Waals surface area contributed by atoms with Crippen LogP contribution in [0.15, 0.2) is 24.3 Å². The molecule has 2 heterocycles. The van der Waals surface area contributed by atoms with Gasteiger partial charge < -0.3 is 9.47 Å². The first kappa shape index (κ1) is 17.5. The van der Waals surface area contributed by atoms with Crippen molar-refractivity contribution < 1.29 is 23.5 Å². The second kappa shape index (κ2) is 6.87. The molecule has 9 heteroatoms. The average molecular weight is 358 g/mol. The van der Waals surface area contributed by atoms with Crippen molar-refractivity contribution in [1.82, 2.24) is 19.8 Å². The van der Waals surface area contributed by atoms with E-state index in [0.717, 1.165) is 0 Å². The third-order valence-corrected chi connectivity index (χ3v) is 3.86. The first-order valence-electron chi connectivity index (χ1n) is 7.62. The number of benzene rings is 1. The Labute approximate surface area is 147 Å². The van der Waals surface area contributed by atoms with Gasteiger partial charge >= 0.3 is 11.9 Å². The zero-order valence-corrected chi connectivity index (χ0v) is 14.3. The van der Waals surface area contributed by atoms with Crippen LogP contribution in [-0.4, -0.2) is 46.0 Å². The molecule has 0 radical (unpaired) electrons. The molecule has 0 N–H and O–H groups in total. The van der Waals surface area contributed by atoms with E-state index >= 15 is 0 Å². The minimum absolute atomic E-state index is 0.126. The van der Waals surface area contributed by atoms with Gasteiger partial charge in [0.1, 0.15) is 5.82 Å². The Morgan fingerprint density at radius 1 is 1.12 bits per heavy atom. The van der Waals surface area contributed by atoms with E-state index in [1.807, 2.05) is 0 Å². The van der Waals surface area contributed by atoms with Crippen molar-refractivity contribution in [3.8, 4) is 11.1 Å². The Hall–Kier alpha value is -3.36. The highest BCUT2D eigenvalue weighted by Crippen LogP contribution is 2.28. The summed E-state index contributed by atoms with van der Waals surface area (Å²) < 4.78 is 24.0. The molecule has 0 saturated heterocycles. The molecule has 0 unspecified atom stereocenters. The highest BCUT2D eigenvalue weighted by atomic mass is 19.1. The van der Waals surface area contributed by atoms with Gasteiger partial charge in [0.15, 0.2) is 11.3 Å². The molecule has 134 valence electrons. The van der Waals surface area contributed by atoms with E-state index in [-0.39, 0.29) is 23.6 Å². The number of carbonyl (C=O) groups is 2. The summed E-state index contributed by atoms with van der Waals surface area (Å²) in [4.78, 5) is 23.8. The van der Waals surface area contributed by atoms with Crippen LogP contribution >= 0.6 is 0 Å².